The number of amides is 2. The monoisotopic (exact) mass is 370 g/mol. The van der Waals surface area contributed by atoms with Crippen LogP contribution in [0.5, 0.6) is 0 Å². The molecule has 1 fully saturated rings. The molecule has 2 amide bonds. The second-order valence-corrected chi connectivity index (χ2v) is 7.07. The van der Waals surface area contributed by atoms with Crippen molar-refractivity contribution in [3.8, 4) is 0 Å². The van der Waals surface area contributed by atoms with Gasteiger partial charge in [-0.2, -0.15) is 0 Å². The number of carbonyl (C=O) groups is 2. The summed E-state index contributed by atoms with van der Waals surface area (Å²) in [7, 11) is 1.76. The molecule has 0 radical (unpaired) electrons. The van der Waals surface area contributed by atoms with E-state index in [1.54, 1.807) is 29.0 Å². The number of likely N-dealkylation sites (N-methyl/N-ethyl adjacent to an activating group) is 1. The van der Waals surface area contributed by atoms with E-state index in [0.29, 0.717) is 17.9 Å². The fourth-order valence-electron chi connectivity index (χ4n) is 3.53. The molecular formula is C21H23ClN2O2. The van der Waals surface area contributed by atoms with Crippen LogP contribution in [0.25, 0.3) is 0 Å². The van der Waals surface area contributed by atoms with Gasteiger partial charge < -0.3 is 9.80 Å². The molecular weight excluding hydrogens is 348 g/mol. The lowest BCUT2D eigenvalue weighted by molar-refractivity contribution is -0.136. The van der Waals surface area contributed by atoms with Crippen LogP contribution in [0.15, 0.2) is 54.6 Å². The van der Waals surface area contributed by atoms with Crippen molar-refractivity contribution in [3.63, 3.8) is 0 Å². The van der Waals surface area contributed by atoms with Crippen LogP contribution in [0.1, 0.15) is 37.1 Å². The first kappa shape index (κ1) is 18.5. The minimum absolute atomic E-state index is 0.00563. The first-order valence-electron chi connectivity index (χ1n) is 8.90. The van der Waals surface area contributed by atoms with E-state index in [4.69, 9.17) is 11.6 Å². The molecule has 5 heteroatoms. The molecule has 1 heterocycles. The molecule has 2 aromatic carbocycles. The van der Waals surface area contributed by atoms with Crippen molar-refractivity contribution in [1.29, 1.82) is 0 Å². The van der Waals surface area contributed by atoms with Crippen molar-refractivity contribution in [3.05, 3.63) is 70.7 Å². The number of rotatable bonds is 5. The summed E-state index contributed by atoms with van der Waals surface area (Å²) in [6.45, 7) is 1.98. The van der Waals surface area contributed by atoms with E-state index >= 15 is 0 Å². The zero-order valence-electron chi connectivity index (χ0n) is 15.1. The number of carbonyl (C=O) groups excluding carboxylic acids is 2. The maximum absolute atomic E-state index is 13.0. The van der Waals surface area contributed by atoms with E-state index in [-0.39, 0.29) is 11.8 Å². The normalized spacial score (nSPS) is 19.9. The van der Waals surface area contributed by atoms with Crippen LogP contribution in [0, 0.1) is 0 Å². The molecule has 2 atom stereocenters. The lowest BCUT2D eigenvalue weighted by Gasteiger charge is -2.30. The Kier molecular flexibility index (Phi) is 5.62. The Labute approximate surface area is 159 Å². The smallest absolute Gasteiger partial charge is 0.247 e. The summed E-state index contributed by atoms with van der Waals surface area (Å²) in [6.07, 6.45) is 1.30. The standard InChI is InChI=1S/C21H23ClN2O2/c1-3-7-19(25)24-18(14-15-8-5-4-6-9-15)21(26)23(2)20(24)16-10-12-17(22)13-11-16/h4-6,8-13,18,20H,3,7,14H2,1-2H3/t18-,20?/m1/s1. The molecule has 0 bridgehead atoms. The lowest BCUT2D eigenvalue weighted by Crippen LogP contribution is -2.40. The van der Waals surface area contributed by atoms with Crippen LogP contribution < -0.4 is 0 Å². The third-order valence-electron chi connectivity index (χ3n) is 4.79. The Bertz CT molecular complexity index is 776. The van der Waals surface area contributed by atoms with Crippen LogP contribution in [0.3, 0.4) is 0 Å². The van der Waals surface area contributed by atoms with Crippen LogP contribution in [0.4, 0.5) is 0 Å². The van der Waals surface area contributed by atoms with E-state index in [9.17, 15) is 9.59 Å². The zero-order chi connectivity index (χ0) is 18.7. The van der Waals surface area contributed by atoms with Crippen LogP contribution in [-0.4, -0.2) is 34.7 Å². The Morgan fingerprint density at radius 1 is 1.08 bits per heavy atom. The average Bonchev–Trinajstić information content (AvgIpc) is 2.89. The first-order valence-corrected chi connectivity index (χ1v) is 9.28. The third-order valence-corrected chi connectivity index (χ3v) is 5.04. The fraction of sp³-hybridized carbons (Fsp3) is 0.333. The summed E-state index contributed by atoms with van der Waals surface area (Å²) >= 11 is 6.01. The second-order valence-electron chi connectivity index (χ2n) is 6.63. The fourth-order valence-corrected chi connectivity index (χ4v) is 3.65. The van der Waals surface area contributed by atoms with Gasteiger partial charge in [-0.05, 0) is 29.7 Å². The summed E-state index contributed by atoms with van der Waals surface area (Å²) in [5, 5.41) is 0.632. The molecule has 1 aliphatic heterocycles. The zero-order valence-corrected chi connectivity index (χ0v) is 15.8. The van der Waals surface area contributed by atoms with E-state index in [2.05, 4.69) is 0 Å². The number of hydrogen-bond donors (Lipinski definition) is 0. The van der Waals surface area contributed by atoms with E-state index in [1.807, 2.05) is 49.4 Å². The minimum atomic E-state index is -0.484. The molecule has 26 heavy (non-hydrogen) atoms. The topological polar surface area (TPSA) is 40.6 Å². The van der Waals surface area contributed by atoms with Gasteiger partial charge in [-0.1, -0.05) is 61.0 Å². The van der Waals surface area contributed by atoms with Crippen molar-refractivity contribution in [2.45, 2.75) is 38.4 Å². The Morgan fingerprint density at radius 2 is 1.73 bits per heavy atom. The molecule has 0 saturated carbocycles. The molecule has 4 nitrogen and oxygen atoms in total. The van der Waals surface area contributed by atoms with Gasteiger partial charge in [-0.3, -0.25) is 9.59 Å². The van der Waals surface area contributed by atoms with Gasteiger partial charge in [-0.25, -0.2) is 0 Å². The van der Waals surface area contributed by atoms with E-state index in [0.717, 1.165) is 17.5 Å². The highest BCUT2D eigenvalue weighted by atomic mass is 35.5. The van der Waals surface area contributed by atoms with Gasteiger partial charge in [0.1, 0.15) is 12.2 Å². The largest absolute Gasteiger partial charge is 0.319 e. The third kappa shape index (κ3) is 3.61. The Hall–Kier alpha value is -2.33. The van der Waals surface area contributed by atoms with Gasteiger partial charge in [0.15, 0.2) is 0 Å². The second kappa shape index (κ2) is 7.92. The average molecular weight is 371 g/mol. The highest BCUT2D eigenvalue weighted by Gasteiger charge is 2.46. The van der Waals surface area contributed by atoms with Crippen molar-refractivity contribution in [1.82, 2.24) is 9.80 Å². The molecule has 1 aliphatic rings. The number of halogens is 1. The van der Waals surface area contributed by atoms with Crippen molar-refractivity contribution in [2.24, 2.45) is 0 Å². The first-order chi connectivity index (χ1) is 12.5. The minimum Gasteiger partial charge on any atom is -0.319 e. The molecule has 3 rings (SSSR count). The molecule has 2 aromatic rings. The molecule has 0 N–H and O–H groups in total. The predicted molar refractivity (Wildman–Crippen MR) is 103 cm³/mol. The molecule has 1 unspecified atom stereocenters. The quantitative estimate of drug-likeness (QED) is 0.796. The van der Waals surface area contributed by atoms with E-state index in [1.165, 1.54) is 0 Å². The van der Waals surface area contributed by atoms with Gasteiger partial charge in [0, 0.05) is 24.9 Å². The van der Waals surface area contributed by atoms with Crippen molar-refractivity contribution < 1.29 is 9.59 Å². The summed E-state index contributed by atoms with van der Waals surface area (Å²) in [6, 6.07) is 16.7. The number of nitrogens with zero attached hydrogens (tertiary/aromatic N) is 2. The number of benzene rings is 2. The summed E-state index contributed by atoms with van der Waals surface area (Å²) in [5.41, 5.74) is 1.94. The predicted octanol–water partition coefficient (Wildman–Crippen LogP) is 4.05. The SMILES string of the molecule is CCCC(=O)N1C(c2ccc(Cl)cc2)N(C)C(=O)[C@H]1Cc1ccccc1. The maximum atomic E-state index is 13.0. The molecule has 0 aliphatic carbocycles. The van der Waals surface area contributed by atoms with Crippen molar-refractivity contribution >= 4 is 23.4 Å². The molecule has 0 aromatic heterocycles. The van der Waals surface area contributed by atoms with Gasteiger partial charge in [-0.15, -0.1) is 0 Å². The maximum Gasteiger partial charge on any atom is 0.247 e. The van der Waals surface area contributed by atoms with Crippen LogP contribution in [0.2, 0.25) is 5.02 Å². The lowest BCUT2D eigenvalue weighted by atomic mass is 10.0. The van der Waals surface area contributed by atoms with Gasteiger partial charge in [0.2, 0.25) is 11.8 Å². The Morgan fingerprint density at radius 3 is 2.35 bits per heavy atom. The van der Waals surface area contributed by atoms with Gasteiger partial charge in [0.25, 0.3) is 0 Å². The van der Waals surface area contributed by atoms with Gasteiger partial charge >= 0.3 is 0 Å². The highest BCUT2D eigenvalue weighted by Crippen LogP contribution is 2.35. The summed E-state index contributed by atoms with van der Waals surface area (Å²) < 4.78 is 0. The summed E-state index contributed by atoms with van der Waals surface area (Å²) in [4.78, 5) is 29.3. The number of hydrogen-bond acceptors (Lipinski definition) is 2. The molecule has 0 spiro atoms. The van der Waals surface area contributed by atoms with Crippen LogP contribution >= 0.6 is 11.6 Å². The molecule has 1 saturated heterocycles. The highest BCUT2D eigenvalue weighted by molar-refractivity contribution is 6.30. The summed E-state index contributed by atoms with van der Waals surface area (Å²) in [5.74, 6) is -0.0238. The molecule has 136 valence electrons. The van der Waals surface area contributed by atoms with Crippen molar-refractivity contribution in [2.75, 3.05) is 7.05 Å². The van der Waals surface area contributed by atoms with E-state index < -0.39 is 12.2 Å². The van der Waals surface area contributed by atoms with Crippen LogP contribution in [-0.2, 0) is 16.0 Å². The Balaban J connectivity index is 1.98. The van der Waals surface area contributed by atoms with Gasteiger partial charge in [0.05, 0.1) is 0 Å².